The number of nitrogens with two attached hydrogens (primary N) is 1. The fourth-order valence-electron chi connectivity index (χ4n) is 1.38. The van der Waals surface area contributed by atoms with Gasteiger partial charge in [-0.05, 0) is 34.5 Å². The van der Waals surface area contributed by atoms with Crippen LogP contribution in [0.5, 0.6) is 0 Å². The highest BCUT2D eigenvalue weighted by Crippen LogP contribution is 2.12. The molecule has 0 radical (unpaired) electrons. The molecule has 0 aliphatic rings. The van der Waals surface area contributed by atoms with Crippen molar-refractivity contribution in [3.8, 4) is 0 Å². The van der Waals surface area contributed by atoms with E-state index in [4.69, 9.17) is 5.73 Å². The zero-order valence-electron chi connectivity index (χ0n) is 9.24. The van der Waals surface area contributed by atoms with Crippen LogP contribution >= 0.6 is 15.9 Å². The number of hydrogen-bond donors (Lipinski definition) is 2. The van der Waals surface area contributed by atoms with E-state index in [0.29, 0.717) is 12.4 Å². The molecule has 1 unspecified atom stereocenters. The summed E-state index contributed by atoms with van der Waals surface area (Å²) in [6.07, 6.45) is 3.40. The third-order valence-corrected chi connectivity index (χ3v) is 2.74. The molecule has 0 saturated heterocycles. The third-order valence-electron chi connectivity index (χ3n) is 2.27. The van der Waals surface area contributed by atoms with Gasteiger partial charge < -0.3 is 11.1 Å². The lowest BCUT2D eigenvalue weighted by Crippen LogP contribution is -2.29. The molecule has 88 valence electrons. The van der Waals surface area contributed by atoms with E-state index in [1.165, 1.54) is 0 Å². The zero-order chi connectivity index (χ0) is 12.0. The Morgan fingerprint density at radius 1 is 1.62 bits per heavy atom. The van der Waals surface area contributed by atoms with Gasteiger partial charge in [0.05, 0.1) is 5.92 Å². The van der Waals surface area contributed by atoms with Gasteiger partial charge in [-0.3, -0.25) is 4.79 Å². The van der Waals surface area contributed by atoms with Crippen LogP contribution in [0.25, 0.3) is 0 Å². The van der Waals surface area contributed by atoms with E-state index in [1.807, 2.05) is 13.0 Å². The van der Waals surface area contributed by atoms with Crippen molar-refractivity contribution in [3.63, 3.8) is 0 Å². The number of pyridine rings is 1. The Balaban J connectivity index is 2.59. The molecule has 0 spiro atoms. The Labute approximate surface area is 104 Å². The van der Waals surface area contributed by atoms with E-state index >= 15 is 0 Å². The number of nitrogens with one attached hydrogen (secondary N) is 1. The molecule has 0 aliphatic carbocycles. The van der Waals surface area contributed by atoms with Gasteiger partial charge in [-0.15, -0.1) is 0 Å². The van der Waals surface area contributed by atoms with E-state index < -0.39 is 0 Å². The highest BCUT2D eigenvalue weighted by molar-refractivity contribution is 9.10. The first-order chi connectivity index (χ1) is 7.67. The molecule has 4 nitrogen and oxygen atoms in total. The van der Waals surface area contributed by atoms with Crippen LogP contribution in [0.2, 0.25) is 0 Å². The van der Waals surface area contributed by atoms with Crippen molar-refractivity contribution >= 4 is 27.7 Å². The summed E-state index contributed by atoms with van der Waals surface area (Å²) in [7, 11) is 0. The van der Waals surface area contributed by atoms with Crippen molar-refractivity contribution in [2.45, 2.75) is 19.8 Å². The van der Waals surface area contributed by atoms with Crippen LogP contribution in [-0.2, 0) is 4.79 Å². The number of carbonyl (C=O) groups excluding carboxylic acids is 1. The maximum atomic E-state index is 11.8. The predicted molar refractivity (Wildman–Crippen MR) is 68.0 cm³/mol. The van der Waals surface area contributed by atoms with Gasteiger partial charge in [0.25, 0.3) is 0 Å². The number of aromatic nitrogens is 1. The summed E-state index contributed by atoms with van der Waals surface area (Å²) in [4.78, 5) is 15.9. The molecule has 1 heterocycles. The molecule has 0 aromatic carbocycles. The van der Waals surface area contributed by atoms with Crippen LogP contribution in [0.1, 0.15) is 19.8 Å². The second-order valence-electron chi connectivity index (χ2n) is 3.57. The van der Waals surface area contributed by atoms with Crippen LogP contribution in [-0.4, -0.2) is 17.4 Å². The van der Waals surface area contributed by atoms with Crippen LogP contribution in [0.4, 0.5) is 5.82 Å². The van der Waals surface area contributed by atoms with Gasteiger partial charge in [0, 0.05) is 17.2 Å². The second-order valence-corrected chi connectivity index (χ2v) is 4.49. The first-order valence-electron chi connectivity index (χ1n) is 5.29. The average molecular weight is 286 g/mol. The lowest BCUT2D eigenvalue weighted by Gasteiger charge is -2.13. The Kier molecular flexibility index (Phi) is 5.42. The lowest BCUT2D eigenvalue weighted by atomic mass is 10.0. The van der Waals surface area contributed by atoms with Crippen molar-refractivity contribution in [2.75, 3.05) is 11.9 Å². The van der Waals surface area contributed by atoms with E-state index in [1.54, 1.807) is 12.3 Å². The van der Waals surface area contributed by atoms with E-state index in [9.17, 15) is 4.79 Å². The van der Waals surface area contributed by atoms with Crippen molar-refractivity contribution in [3.05, 3.63) is 22.8 Å². The monoisotopic (exact) mass is 285 g/mol. The first-order valence-corrected chi connectivity index (χ1v) is 6.09. The minimum Gasteiger partial charge on any atom is -0.330 e. The molecule has 0 saturated carbocycles. The third kappa shape index (κ3) is 3.90. The Hall–Kier alpha value is -0.940. The number of rotatable bonds is 5. The van der Waals surface area contributed by atoms with Crippen molar-refractivity contribution in [1.82, 2.24) is 4.98 Å². The minimum absolute atomic E-state index is 0.0563. The van der Waals surface area contributed by atoms with Crippen molar-refractivity contribution < 1.29 is 4.79 Å². The van der Waals surface area contributed by atoms with Gasteiger partial charge in [-0.25, -0.2) is 4.98 Å². The lowest BCUT2D eigenvalue weighted by molar-refractivity contribution is -0.119. The quantitative estimate of drug-likeness (QED) is 0.871. The molecule has 5 heteroatoms. The number of hydrogen-bond acceptors (Lipinski definition) is 3. The van der Waals surface area contributed by atoms with Crippen LogP contribution in [0.3, 0.4) is 0 Å². The number of anilines is 1. The molecule has 1 atom stereocenters. The molecular weight excluding hydrogens is 270 g/mol. The number of amides is 1. The van der Waals surface area contributed by atoms with Gasteiger partial charge in [-0.2, -0.15) is 0 Å². The maximum Gasteiger partial charge on any atom is 0.229 e. The summed E-state index contributed by atoms with van der Waals surface area (Å²) >= 11 is 3.28. The largest absolute Gasteiger partial charge is 0.330 e. The summed E-state index contributed by atoms with van der Waals surface area (Å²) in [5.41, 5.74) is 5.55. The van der Waals surface area contributed by atoms with Crippen molar-refractivity contribution in [2.24, 2.45) is 11.7 Å². The van der Waals surface area contributed by atoms with Crippen LogP contribution < -0.4 is 11.1 Å². The number of nitrogens with zero attached hydrogens (tertiary/aromatic N) is 1. The summed E-state index contributed by atoms with van der Waals surface area (Å²) in [5, 5.41) is 2.75. The fourth-order valence-corrected chi connectivity index (χ4v) is 1.62. The molecule has 3 N–H and O–H groups in total. The molecule has 0 bridgehead atoms. The van der Waals surface area contributed by atoms with Gasteiger partial charge >= 0.3 is 0 Å². The Morgan fingerprint density at radius 2 is 2.38 bits per heavy atom. The Bertz CT molecular complexity index is 340. The average Bonchev–Trinajstić information content (AvgIpc) is 2.29. The number of halogens is 1. The summed E-state index contributed by atoms with van der Waals surface area (Å²) < 4.78 is 0.884. The molecule has 0 fully saturated rings. The molecule has 16 heavy (non-hydrogen) atoms. The SMILES string of the molecule is CCCC(CN)C(=O)Nc1ccc(Br)cn1. The van der Waals surface area contributed by atoms with Gasteiger partial charge in [0.2, 0.25) is 5.91 Å². The summed E-state index contributed by atoms with van der Waals surface area (Å²) in [6, 6.07) is 3.58. The minimum atomic E-state index is -0.129. The van der Waals surface area contributed by atoms with E-state index in [0.717, 1.165) is 17.3 Å². The number of carbonyl (C=O) groups is 1. The second kappa shape index (κ2) is 6.60. The molecule has 1 rings (SSSR count). The first kappa shape index (κ1) is 13.1. The van der Waals surface area contributed by atoms with Crippen LogP contribution in [0, 0.1) is 5.92 Å². The van der Waals surface area contributed by atoms with E-state index in [2.05, 4.69) is 26.2 Å². The highest BCUT2D eigenvalue weighted by Gasteiger charge is 2.15. The fraction of sp³-hybridized carbons (Fsp3) is 0.455. The van der Waals surface area contributed by atoms with Crippen LogP contribution in [0.15, 0.2) is 22.8 Å². The zero-order valence-corrected chi connectivity index (χ0v) is 10.8. The molecule has 0 aliphatic heterocycles. The van der Waals surface area contributed by atoms with E-state index in [-0.39, 0.29) is 11.8 Å². The molecular formula is C11H16BrN3O. The predicted octanol–water partition coefficient (Wildman–Crippen LogP) is 2.16. The highest BCUT2D eigenvalue weighted by atomic mass is 79.9. The Morgan fingerprint density at radius 3 is 2.88 bits per heavy atom. The van der Waals surface area contributed by atoms with Gasteiger partial charge in [0.15, 0.2) is 0 Å². The molecule has 1 amide bonds. The van der Waals surface area contributed by atoms with Crippen molar-refractivity contribution in [1.29, 1.82) is 0 Å². The smallest absolute Gasteiger partial charge is 0.229 e. The molecule has 1 aromatic heterocycles. The topological polar surface area (TPSA) is 68.0 Å². The standard InChI is InChI=1S/C11H16BrN3O/c1-2-3-8(6-13)11(16)15-10-5-4-9(12)7-14-10/h4-5,7-8H,2-3,6,13H2,1H3,(H,14,15,16). The normalized spacial score (nSPS) is 12.2. The maximum absolute atomic E-state index is 11.8. The summed E-state index contributed by atoms with van der Waals surface area (Å²) in [5.74, 6) is 0.373. The molecule has 1 aromatic rings. The van der Waals surface area contributed by atoms with Gasteiger partial charge in [0.1, 0.15) is 5.82 Å². The summed E-state index contributed by atoms with van der Waals surface area (Å²) in [6.45, 7) is 2.41. The van der Waals surface area contributed by atoms with Gasteiger partial charge in [-0.1, -0.05) is 13.3 Å².